The van der Waals surface area contributed by atoms with Gasteiger partial charge in [-0.1, -0.05) is 66.2 Å². The van der Waals surface area contributed by atoms with E-state index in [1.54, 1.807) is 18.2 Å². The maximum absolute atomic E-state index is 13.7. The summed E-state index contributed by atoms with van der Waals surface area (Å²) < 4.78 is 19.1. The van der Waals surface area contributed by atoms with E-state index in [0.717, 1.165) is 17.5 Å². The van der Waals surface area contributed by atoms with Gasteiger partial charge in [-0.05, 0) is 41.8 Å². The lowest BCUT2D eigenvalue weighted by atomic mass is 10.0. The monoisotopic (exact) mass is 541 g/mol. The van der Waals surface area contributed by atoms with Gasteiger partial charge in [0.1, 0.15) is 17.9 Å². The molecule has 5 rings (SSSR count). The van der Waals surface area contributed by atoms with Crippen LogP contribution in [0.25, 0.3) is 10.9 Å². The molecule has 2 atom stereocenters. The van der Waals surface area contributed by atoms with Crippen molar-refractivity contribution in [2.75, 3.05) is 17.7 Å². The van der Waals surface area contributed by atoms with Crippen molar-refractivity contribution in [1.82, 2.24) is 20.4 Å². The predicted octanol–water partition coefficient (Wildman–Crippen LogP) is 6.79. The fourth-order valence-corrected chi connectivity index (χ4v) is 4.83. The summed E-state index contributed by atoms with van der Waals surface area (Å²) in [6, 6.07) is 21.4. The molecule has 2 heterocycles. The van der Waals surface area contributed by atoms with Crippen LogP contribution in [0, 0.1) is 17.1 Å². The van der Waals surface area contributed by atoms with E-state index in [1.807, 2.05) is 24.3 Å². The number of ether oxygens (including phenoxy) is 1. The molecule has 2 aromatic heterocycles. The van der Waals surface area contributed by atoms with Crippen molar-refractivity contribution in [2.45, 2.75) is 25.4 Å². The molecule has 5 aromatic rings. The fourth-order valence-electron chi connectivity index (χ4n) is 4.56. The molecule has 0 aliphatic heterocycles. The Morgan fingerprint density at radius 3 is 2.54 bits per heavy atom. The number of nitrogens with one attached hydrogen (secondary N) is 3. The van der Waals surface area contributed by atoms with Crippen LogP contribution in [0.1, 0.15) is 47.8 Å². The maximum Gasteiger partial charge on any atom is 0.235 e. The van der Waals surface area contributed by atoms with Crippen LogP contribution in [0.4, 0.5) is 15.8 Å². The van der Waals surface area contributed by atoms with Crippen LogP contribution in [-0.2, 0) is 0 Å². The average Bonchev–Trinajstić information content (AvgIpc) is 3.44. The van der Waals surface area contributed by atoms with E-state index in [-0.39, 0.29) is 11.9 Å². The van der Waals surface area contributed by atoms with Gasteiger partial charge in [0.2, 0.25) is 5.88 Å². The summed E-state index contributed by atoms with van der Waals surface area (Å²) in [4.78, 5) is 4.47. The van der Waals surface area contributed by atoms with Gasteiger partial charge in [-0.2, -0.15) is 5.26 Å². The quantitative estimate of drug-likeness (QED) is 0.188. The molecule has 0 spiro atoms. The zero-order chi connectivity index (χ0) is 27.4. The first-order valence-electron chi connectivity index (χ1n) is 12.3. The van der Waals surface area contributed by atoms with E-state index in [1.165, 1.54) is 25.4 Å². The normalized spacial score (nSPS) is 12.5. The number of halogens is 2. The van der Waals surface area contributed by atoms with Crippen LogP contribution in [0.5, 0.6) is 5.88 Å². The minimum absolute atomic E-state index is 0.0364. The SMILES string of the molecule is CCC(Nc1c(C#N)cnc2c(Cl)cc(NC(c3ccc(F)cc3)c3nn[nH]c3OC)cc12)c1ccccc1. The summed E-state index contributed by atoms with van der Waals surface area (Å²) >= 11 is 6.73. The van der Waals surface area contributed by atoms with Crippen LogP contribution in [-0.4, -0.2) is 27.5 Å². The number of pyridine rings is 1. The summed E-state index contributed by atoms with van der Waals surface area (Å²) in [7, 11) is 1.51. The van der Waals surface area contributed by atoms with E-state index < -0.39 is 6.04 Å². The van der Waals surface area contributed by atoms with Crippen molar-refractivity contribution in [1.29, 1.82) is 5.26 Å². The van der Waals surface area contributed by atoms with Crippen LogP contribution in [0.2, 0.25) is 5.02 Å². The third kappa shape index (κ3) is 5.33. The zero-order valence-electron chi connectivity index (χ0n) is 21.2. The highest BCUT2D eigenvalue weighted by Crippen LogP contribution is 2.38. The van der Waals surface area contributed by atoms with Gasteiger partial charge in [0.05, 0.1) is 34.9 Å². The number of aromatic nitrogens is 4. The van der Waals surface area contributed by atoms with Gasteiger partial charge in [-0.25, -0.2) is 9.49 Å². The van der Waals surface area contributed by atoms with Crippen LogP contribution < -0.4 is 15.4 Å². The first kappa shape index (κ1) is 25.9. The molecule has 0 amide bonds. The molecule has 0 saturated heterocycles. The molecule has 0 fully saturated rings. The second kappa shape index (κ2) is 11.4. The molecule has 10 heteroatoms. The Bertz CT molecular complexity index is 1630. The number of hydrogen-bond donors (Lipinski definition) is 3. The Balaban J connectivity index is 1.61. The topological polar surface area (TPSA) is 112 Å². The highest BCUT2D eigenvalue weighted by molar-refractivity contribution is 6.35. The molecule has 2 unspecified atom stereocenters. The molecule has 3 aromatic carbocycles. The van der Waals surface area contributed by atoms with Crippen LogP contribution >= 0.6 is 11.6 Å². The average molecular weight is 542 g/mol. The highest BCUT2D eigenvalue weighted by atomic mass is 35.5. The Hall–Kier alpha value is -4.68. The largest absolute Gasteiger partial charge is 0.480 e. The minimum Gasteiger partial charge on any atom is -0.480 e. The molecule has 3 N–H and O–H groups in total. The second-order valence-corrected chi connectivity index (χ2v) is 9.30. The van der Waals surface area contributed by atoms with E-state index in [9.17, 15) is 9.65 Å². The van der Waals surface area contributed by atoms with Crippen molar-refractivity contribution < 1.29 is 9.13 Å². The first-order valence-corrected chi connectivity index (χ1v) is 12.7. The van der Waals surface area contributed by atoms with Crippen molar-refractivity contribution in [3.63, 3.8) is 0 Å². The van der Waals surface area contributed by atoms with Gasteiger partial charge in [0.15, 0.2) is 5.69 Å². The molecular weight excluding hydrogens is 517 g/mol. The van der Waals surface area contributed by atoms with Gasteiger partial charge in [-0.15, -0.1) is 5.10 Å². The number of H-pyrrole nitrogens is 1. The summed E-state index contributed by atoms with van der Waals surface area (Å²) in [6.07, 6.45) is 2.33. The molecule has 196 valence electrons. The van der Waals surface area contributed by atoms with Crippen molar-refractivity contribution >= 4 is 33.9 Å². The predicted molar refractivity (Wildman–Crippen MR) is 149 cm³/mol. The van der Waals surface area contributed by atoms with Crippen LogP contribution in [0.3, 0.4) is 0 Å². The van der Waals surface area contributed by atoms with Crippen molar-refractivity contribution in [3.05, 3.63) is 106 Å². The number of aromatic amines is 1. The first-order chi connectivity index (χ1) is 19.0. The Labute approximate surface area is 229 Å². The highest BCUT2D eigenvalue weighted by Gasteiger charge is 2.24. The molecule has 0 radical (unpaired) electrons. The Kier molecular flexibility index (Phi) is 7.57. The van der Waals surface area contributed by atoms with E-state index in [0.29, 0.717) is 44.4 Å². The number of nitrogens with zero attached hydrogens (tertiary/aromatic N) is 4. The molecule has 0 aliphatic carbocycles. The summed E-state index contributed by atoms with van der Waals surface area (Å²) in [5, 5.41) is 28.8. The number of anilines is 2. The number of methoxy groups -OCH3 is 1. The van der Waals surface area contributed by atoms with Crippen LogP contribution in [0.15, 0.2) is 72.9 Å². The third-order valence-electron chi connectivity index (χ3n) is 6.51. The van der Waals surface area contributed by atoms with Gasteiger partial charge < -0.3 is 15.4 Å². The molecule has 0 bridgehead atoms. The second-order valence-electron chi connectivity index (χ2n) is 8.89. The van der Waals surface area contributed by atoms with Gasteiger partial charge in [-0.3, -0.25) is 4.98 Å². The number of nitriles is 1. The standard InChI is InChI=1S/C29H25ClFN7O/c1-3-24(17-7-5-4-6-8-17)35-25-19(15-32)16-33-27-22(25)13-21(14-23(27)30)34-26(18-9-11-20(31)12-10-18)28-29(39-2)37-38-36-28/h4-14,16,24,26,34H,3H2,1-2H3,(H,33,35)(H,36,37,38). The summed E-state index contributed by atoms with van der Waals surface area (Å²) in [5.41, 5.74) is 4.56. The third-order valence-corrected chi connectivity index (χ3v) is 6.80. The fraction of sp³-hybridized carbons (Fsp3) is 0.172. The van der Waals surface area contributed by atoms with E-state index in [2.05, 4.69) is 56.2 Å². The lowest BCUT2D eigenvalue weighted by Crippen LogP contribution is -2.14. The molecule has 8 nitrogen and oxygen atoms in total. The maximum atomic E-state index is 13.7. The lowest BCUT2D eigenvalue weighted by molar-refractivity contribution is 0.391. The van der Waals surface area contributed by atoms with Gasteiger partial charge in [0, 0.05) is 17.3 Å². The molecule has 0 saturated carbocycles. The number of fused-ring (bicyclic) bond motifs is 1. The van der Waals surface area contributed by atoms with E-state index in [4.69, 9.17) is 16.3 Å². The summed E-state index contributed by atoms with van der Waals surface area (Å²) in [6.45, 7) is 2.08. The smallest absolute Gasteiger partial charge is 0.235 e. The molecule has 0 aliphatic rings. The number of rotatable bonds is 9. The van der Waals surface area contributed by atoms with Gasteiger partial charge >= 0.3 is 0 Å². The van der Waals surface area contributed by atoms with E-state index >= 15 is 0 Å². The zero-order valence-corrected chi connectivity index (χ0v) is 22.0. The Morgan fingerprint density at radius 2 is 1.85 bits per heavy atom. The number of benzene rings is 3. The molecular formula is C29H25ClFN7O. The number of hydrogen-bond acceptors (Lipinski definition) is 7. The summed E-state index contributed by atoms with van der Waals surface area (Å²) in [5.74, 6) is 0.0150. The lowest BCUT2D eigenvalue weighted by Gasteiger charge is -2.23. The van der Waals surface area contributed by atoms with Crippen molar-refractivity contribution in [3.8, 4) is 11.9 Å². The Morgan fingerprint density at radius 1 is 1.08 bits per heavy atom. The van der Waals surface area contributed by atoms with Gasteiger partial charge in [0.25, 0.3) is 0 Å². The molecule has 39 heavy (non-hydrogen) atoms. The van der Waals surface area contributed by atoms with Crippen molar-refractivity contribution in [2.24, 2.45) is 0 Å². The minimum atomic E-state index is -0.552.